The van der Waals surface area contributed by atoms with E-state index in [1.807, 2.05) is 0 Å². The molecule has 4 N–H and O–H groups in total. The molecular weight excluding hydrogens is 316 g/mol. The van der Waals surface area contributed by atoms with Gasteiger partial charge in [0.2, 0.25) is 11.8 Å². The Morgan fingerprint density at radius 2 is 1.76 bits per heavy atom. The molecule has 2 fully saturated rings. The molecule has 0 unspecified atom stereocenters. The molecule has 25 heavy (non-hydrogen) atoms. The van der Waals surface area contributed by atoms with E-state index in [2.05, 4.69) is 29.2 Å². The summed E-state index contributed by atoms with van der Waals surface area (Å²) < 4.78 is 0. The van der Waals surface area contributed by atoms with Gasteiger partial charge in [0, 0.05) is 37.8 Å². The number of hydrogen-bond donors (Lipinski definition) is 3. The molecule has 6 heteroatoms. The number of nitrogens with two attached hydrogens (primary N) is 1. The molecule has 0 bridgehead atoms. The van der Waals surface area contributed by atoms with Gasteiger partial charge in [-0.15, -0.1) is 0 Å². The lowest BCUT2D eigenvalue weighted by Crippen LogP contribution is -2.50. The van der Waals surface area contributed by atoms with E-state index in [9.17, 15) is 9.59 Å². The predicted molar refractivity (Wildman–Crippen MR) is 99.7 cm³/mol. The molecule has 6 nitrogen and oxygen atoms in total. The summed E-state index contributed by atoms with van der Waals surface area (Å²) in [4.78, 5) is 25.4. The van der Waals surface area contributed by atoms with Crippen molar-refractivity contribution in [2.24, 2.45) is 11.7 Å². The topological polar surface area (TPSA) is 87.5 Å². The third-order valence-corrected chi connectivity index (χ3v) is 5.90. The van der Waals surface area contributed by atoms with Gasteiger partial charge in [-0.2, -0.15) is 0 Å². The second kappa shape index (κ2) is 8.70. The van der Waals surface area contributed by atoms with E-state index < -0.39 is 6.04 Å². The first-order chi connectivity index (χ1) is 11.8. The Morgan fingerprint density at radius 1 is 1.16 bits per heavy atom. The molecule has 0 aromatic heterocycles. The number of amides is 2. The van der Waals surface area contributed by atoms with Crippen molar-refractivity contribution in [3.8, 4) is 0 Å². The van der Waals surface area contributed by atoms with Crippen LogP contribution in [0, 0.1) is 5.92 Å². The number of nitrogens with one attached hydrogen (secondary N) is 2. The number of carbonyl (C=O) groups excluding carboxylic acids is 2. The SMILES string of the molecule is C=C([C@@H](N)C1CCC(NC(=O)[C@@H](C)NC(C)=O)CC1)N(C)C1CCC1. The van der Waals surface area contributed by atoms with Gasteiger partial charge in [-0.05, 0) is 57.8 Å². The monoisotopic (exact) mass is 350 g/mol. The average Bonchev–Trinajstić information content (AvgIpc) is 2.51. The summed E-state index contributed by atoms with van der Waals surface area (Å²) in [5.41, 5.74) is 7.54. The largest absolute Gasteiger partial charge is 0.374 e. The first-order valence-corrected chi connectivity index (χ1v) is 9.54. The highest BCUT2D eigenvalue weighted by Gasteiger charge is 2.32. The summed E-state index contributed by atoms with van der Waals surface area (Å²) in [6.45, 7) is 7.37. The van der Waals surface area contributed by atoms with E-state index in [0.717, 1.165) is 31.4 Å². The van der Waals surface area contributed by atoms with Gasteiger partial charge in [-0.25, -0.2) is 0 Å². The van der Waals surface area contributed by atoms with Crippen LogP contribution in [0.1, 0.15) is 58.8 Å². The van der Waals surface area contributed by atoms with E-state index >= 15 is 0 Å². The fourth-order valence-corrected chi connectivity index (χ4v) is 3.83. The lowest BCUT2D eigenvalue weighted by Gasteiger charge is -2.42. The van der Waals surface area contributed by atoms with Gasteiger partial charge in [0.1, 0.15) is 6.04 Å². The van der Waals surface area contributed by atoms with Gasteiger partial charge in [-0.3, -0.25) is 9.59 Å². The Morgan fingerprint density at radius 3 is 2.24 bits per heavy atom. The minimum atomic E-state index is -0.492. The maximum Gasteiger partial charge on any atom is 0.242 e. The zero-order chi connectivity index (χ0) is 18.6. The van der Waals surface area contributed by atoms with Crippen LogP contribution in [0.15, 0.2) is 12.3 Å². The summed E-state index contributed by atoms with van der Waals surface area (Å²) >= 11 is 0. The number of nitrogens with zero attached hydrogens (tertiary/aromatic N) is 1. The minimum absolute atomic E-state index is 0.000514. The van der Waals surface area contributed by atoms with E-state index in [-0.39, 0.29) is 23.9 Å². The maximum absolute atomic E-state index is 12.1. The van der Waals surface area contributed by atoms with Crippen LogP contribution < -0.4 is 16.4 Å². The number of carbonyl (C=O) groups is 2. The number of hydrogen-bond acceptors (Lipinski definition) is 4. The molecule has 0 heterocycles. The Kier molecular flexibility index (Phi) is 6.87. The molecule has 0 aromatic rings. The van der Waals surface area contributed by atoms with Crippen LogP contribution in [0.2, 0.25) is 0 Å². The third-order valence-electron chi connectivity index (χ3n) is 5.90. The Hall–Kier alpha value is -1.56. The lowest BCUT2D eigenvalue weighted by molar-refractivity contribution is -0.128. The van der Waals surface area contributed by atoms with Gasteiger partial charge in [-0.1, -0.05) is 6.58 Å². The van der Waals surface area contributed by atoms with Crippen LogP contribution in [-0.2, 0) is 9.59 Å². The van der Waals surface area contributed by atoms with Crippen molar-refractivity contribution >= 4 is 11.8 Å². The summed E-state index contributed by atoms with van der Waals surface area (Å²) in [5.74, 6) is 0.124. The zero-order valence-electron chi connectivity index (χ0n) is 15.9. The van der Waals surface area contributed by atoms with Crippen LogP contribution in [0.3, 0.4) is 0 Å². The van der Waals surface area contributed by atoms with Gasteiger partial charge < -0.3 is 21.3 Å². The molecule has 2 amide bonds. The highest BCUT2D eigenvalue weighted by Crippen LogP contribution is 2.32. The fraction of sp³-hybridized carbons (Fsp3) is 0.789. The Labute approximate surface area is 151 Å². The van der Waals surface area contributed by atoms with Gasteiger partial charge in [0.05, 0.1) is 0 Å². The molecule has 0 radical (unpaired) electrons. The summed E-state index contributed by atoms with van der Waals surface area (Å²) in [6.07, 6.45) is 7.64. The predicted octanol–water partition coefficient (Wildman–Crippen LogP) is 1.51. The van der Waals surface area contributed by atoms with Crippen LogP contribution in [0.4, 0.5) is 0 Å². The highest BCUT2D eigenvalue weighted by atomic mass is 16.2. The first kappa shape index (κ1) is 19.8. The van der Waals surface area contributed by atoms with Crippen LogP contribution in [0.25, 0.3) is 0 Å². The standard InChI is InChI=1S/C19H34N4O2/c1-12(21-14(3)24)19(25)22-16-10-8-15(9-11-16)18(20)13(2)23(4)17-6-5-7-17/h12,15-18H,2,5-11,20H2,1,3-4H3,(H,21,24)(H,22,25)/t12-,15?,16?,18-/m1/s1. The van der Waals surface area contributed by atoms with E-state index in [0.29, 0.717) is 12.0 Å². The molecule has 0 saturated heterocycles. The second-order valence-corrected chi connectivity index (χ2v) is 7.76. The van der Waals surface area contributed by atoms with Gasteiger partial charge in [0.15, 0.2) is 0 Å². The van der Waals surface area contributed by atoms with Crippen molar-refractivity contribution in [1.82, 2.24) is 15.5 Å². The quantitative estimate of drug-likeness (QED) is 0.649. The number of likely N-dealkylation sites (N-methyl/N-ethyl adjacent to an activating group) is 1. The Balaban J connectivity index is 1.75. The van der Waals surface area contributed by atoms with Crippen molar-refractivity contribution in [1.29, 1.82) is 0 Å². The van der Waals surface area contributed by atoms with Gasteiger partial charge in [0.25, 0.3) is 0 Å². The molecule has 2 saturated carbocycles. The Bertz CT molecular complexity index is 496. The normalized spacial score (nSPS) is 26.1. The van der Waals surface area contributed by atoms with Crippen molar-refractivity contribution in [3.63, 3.8) is 0 Å². The molecule has 2 rings (SSSR count). The summed E-state index contributed by atoms with van der Waals surface area (Å²) in [6, 6.07) is 0.295. The van der Waals surface area contributed by atoms with Crippen LogP contribution in [0.5, 0.6) is 0 Å². The van der Waals surface area contributed by atoms with Crippen LogP contribution in [-0.4, -0.2) is 47.9 Å². The van der Waals surface area contributed by atoms with Crippen molar-refractivity contribution in [2.75, 3.05) is 7.05 Å². The molecular formula is C19H34N4O2. The lowest BCUT2D eigenvalue weighted by atomic mass is 9.80. The number of rotatable bonds is 7. The minimum Gasteiger partial charge on any atom is -0.374 e. The molecule has 0 spiro atoms. The molecule has 2 aliphatic carbocycles. The molecule has 2 aliphatic rings. The van der Waals surface area contributed by atoms with E-state index in [4.69, 9.17) is 5.73 Å². The first-order valence-electron chi connectivity index (χ1n) is 9.54. The molecule has 0 aromatic carbocycles. The maximum atomic E-state index is 12.1. The molecule has 0 aliphatic heterocycles. The van der Waals surface area contributed by atoms with Gasteiger partial charge >= 0.3 is 0 Å². The second-order valence-electron chi connectivity index (χ2n) is 7.76. The summed E-state index contributed by atoms with van der Waals surface area (Å²) in [5, 5.41) is 5.66. The third kappa shape index (κ3) is 5.21. The van der Waals surface area contributed by atoms with Crippen LogP contribution >= 0.6 is 0 Å². The highest BCUT2D eigenvalue weighted by molar-refractivity contribution is 5.86. The molecule has 2 atom stereocenters. The van der Waals surface area contributed by atoms with Crippen molar-refractivity contribution in [3.05, 3.63) is 12.3 Å². The smallest absolute Gasteiger partial charge is 0.242 e. The van der Waals surface area contributed by atoms with E-state index in [1.54, 1.807) is 6.92 Å². The zero-order valence-corrected chi connectivity index (χ0v) is 15.9. The van der Waals surface area contributed by atoms with Crippen molar-refractivity contribution in [2.45, 2.75) is 83.0 Å². The van der Waals surface area contributed by atoms with E-state index in [1.165, 1.54) is 26.2 Å². The van der Waals surface area contributed by atoms with Crippen molar-refractivity contribution < 1.29 is 9.59 Å². The summed E-state index contributed by atoms with van der Waals surface area (Å²) in [7, 11) is 2.11. The fourth-order valence-electron chi connectivity index (χ4n) is 3.83. The average molecular weight is 351 g/mol. The molecule has 142 valence electrons.